The van der Waals surface area contributed by atoms with Crippen molar-refractivity contribution in [3.05, 3.63) is 108 Å². The molecule has 1 heterocycles. The number of benzene rings is 3. The second-order valence-corrected chi connectivity index (χ2v) is 11.4. The van der Waals surface area contributed by atoms with Crippen LogP contribution in [-0.2, 0) is 32.0 Å². The lowest BCUT2D eigenvalue weighted by molar-refractivity contribution is -0.200. The van der Waals surface area contributed by atoms with Gasteiger partial charge in [-0.1, -0.05) is 67.6 Å². The van der Waals surface area contributed by atoms with Gasteiger partial charge in [0.25, 0.3) is 5.91 Å². The van der Waals surface area contributed by atoms with Gasteiger partial charge in [0.15, 0.2) is 5.76 Å². The maximum Gasteiger partial charge on any atom is 0.365 e. The van der Waals surface area contributed by atoms with E-state index < -0.39 is 26.1 Å². The second-order valence-electron chi connectivity index (χ2n) is 10.7. The highest BCUT2D eigenvalue weighted by Gasteiger charge is 2.32. The number of hydrogen-bond acceptors (Lipinski definition) is 8. The Balaban J connectivity index is 1.42. The minimum Gasteiger partial charge on any atom is -0.494 e. The van der Waals surface area contributed by atoms with E-state index in [1.165, 1.54) is 23.3 Å². The van der Waals surface area contributed by atoms with Crippen LogP contribution >= 0.6 is 8.25 Å². The van der Waals surface area contributed by atoms with Gasteiger partial charge in [-0.05, 0) is 61.6 Å². The lowest BCUT2D eigenvalue weighted by atomic mass is 9.90. The number of aryl methyl sites for hydroxylation is 1. The van der Waals surface area contributed by atoms with Gasteiger partial charge >= 0.3 is 8.25 Å². The first kappa shape index (κ1) is 35.9. The summed E-state index contributed by atoms with van der Waals surface area (Å²) in [6, 6.07) is 26.3. The first-order valence-electron chi connectivity index (χ1n) is 15.6. The summed E-state index contributed by atoms with van der Waals surface area (Å²) in [6.07, 6.45) is 2.07. The third-order valence-electron chi connectivity index (χ3n) is 7.48. The van der Waals surface area contributed by atoms with Crippen molar-refractivity contribution in [1.82, 2.24) is 15.7 Å². The van der Waals surface area contributed by atoms with Crippen molar-refractivity contribution in [2.45, 2.75) is 45.8 Å². The molecule has 0 bridgehead atoms. The zero-order chi connectivity index (χ0) is 34.3. The average Bonchev–Trinajstić information content (AvgIpc) is 3.59. The Morgan fingerprint density at radius 1 is 0.938 bits per heavy atom. The summed E-state index contributed by atoms with van der Waals surface area (Å²) in [5.74, 6) is -0.795. The van der Waals surface area contributed by atoms with E-state index in [4.69, 9.17) is 18.5 Å². The van der Waals surface area contributed by atoms with Crippen LogP contribution in [0.1, 0.15) is 48.4 Å². The zero-order valence-corrected chi connectivity index (χ0v) is 27.8. The van der Waals surface area contributed by atoms with E-state index in [1.807, 2.05) is 67.6 Å². The number of hydrogen-bond donors (Lipinski definition) is 3. The van der Waals surface area contributed by atoms with Crippen molar-refractivity contribution in [3.63, 3.8) is 0 Å². The fourth-order valence-electron chi connectivity index (χ4n) is 5.20. The van der Waals surface area contributed by atoms with Crippen LogP contribution in [0.25, 0.3) is 11.3 Å². The third-order valence-corrected chi connectivity index (χ3v) is 7.89. The van der Waals surface area contributed by atoms with Gasteiger partial charge in [0, 0.05) is 11.6 Å². The number of nitrogens with one attached hydrogen (secondary N) is 2. The molecule has 12 nitrogen and oxygen atoms in total. The summed E-state index contributed by atoms with van der Waals surface area (Å²) in [5, 5.41) is 6.63. The highest BCUT2D eigenvalue weighted by molar-refractivity contribution is 7.32. The van der Waals surface area contributed by atoms with Crippen LogP contribution in [0.4, 0.5) is 0 Å². The molecule has 13 heteroatoms. The van der Waals surface area contributed by atoms with Crippen LogP contribution in [0.3, 0.4) is 0 Å². The first-order chi connectivity index (χ1) is 23.3. The lowest BCUT2D eigenvalue weighted by Gasteiger charge is -2.32. The predicted molar refractivity (Wildman–Crippen MR) is 179 cm³/mol. The molecule has 0 radical (unpaired) electrons. The molecule has 4 aromatic rings. The molecule has 3 amide bonds. The molecule has 254 valence electrons. The SMILES string of the molecule is CCOc1cc(O[PH](=O)O)cc(-c2ccc(C(=O)NCNC(=O)C(CCc3ccccc3)C(CC)N(C=O)OCc3ccccc3)o2)c1. The minimum atomic E-state index is -3.25. The number of amides is 3. The third kappa shape index (κ3) is 10.6. The van der Waals surface area contributed by atoms with Gasteiger partial charge in [0.05, 0.1) is 25.2 Å². The van der Waals surface area contributed by atoms with Crippen LogP contribution in [-0.4, -0.2) is 47.5 Å². The Bertz CT molecular complexity index is 1650. The predicted octanol–water partition coefficient (Wildman–Crippen LogP) is 5.53. The Labute approximate surface area is 279 Å². The standard InChI is InChI=1S/C35H40N3O9P/c1-3-31(38(24-39)45-22-26-13-9-6-10-14-26)30(16-15-25-11-7-5-8-12-25)34(40)36-23-37-35(41)33-18-17-32(46-33)27-19-28(44-4-2)21-29(20-27)47-48(42)43/h5-14,17-21,24,30-31,48H,3-4,15-16,22-23H2,1-2H3,(H,36,40)(H,37,41)(H,42,43). The van der Waals surface area contributed by atoms with Crippen LogP contribution in [0.5, 0.6) is 11.5 Å². The molecule has 4 rings (SSSR count). The molecule has 1 aromatic heterocycles. The van der Waals surface area contributed by atoms with E-state index in [-0.39, 0.29) is 30.7 Å². The quantitative estimate of drug-likeness (QED) is 0.0503. The summed E-state index contributed by atoms with van der Waals surface area (Å²) >= 11 is 0. The summed E-state index contributed by atoms with van der Waals surface area (Å²) in [5.41, 5.74) is 2.39. The van der Waals surface area contributed by atoms with Crippen molar-refractivity contribution < 1.29 is 42.4 Å². The smallest absolute Gasteiger partial charge is 0.365 e. The van der Waals surface area contributed by atoms with Crippen LogP contribution in [0.15, 0.2) is 95.4 Å². The normalized spacial score (nSPS) is 12.7. The van der Waals surface area contributed by atoms with Gasteiger partial charge < -0.3 is 29.2 Å². The van der Waals surface area contributed by atoms with Gasteiger partial charge in [0.1, 0.15) is 23.9 Å². The van der Waals surface area contributed by atoms with Gasteiger partial charge in [-0.15, -0.1) is 0 Å². The molecule has 0 aliphatic rings. The highest BCUT2D eigenvalue weighted by atomic mass is 31.1. The summed E-state index contributed by atoms with van der Waals surface area (Å²) in [7, 11) is -3.25. The topological polar surface area (TPSA) is 157 Å². The Morgan fingerprint density at radius 2 is 1.62 bits per heavy atom. The Kier molecular flexibility index (Phi) is 13.8. The van der Waals surface area contributed by atoms with Gasteiger partial charge in [-0.3, -0.25) is 19.2 Å². The molecular formula is C35H40N3O9P. The van der Waals surface area contributed by atoms with E-state index in [0.29, 0.717) is 49.4 Å². The first-order valence-corrected chi connectivity index (χ1v) is 16.9. The van der Waals surface area contributed by atoms with E-state index in [1.54, 1.807) is 19.1 Å². The number of rotatable bonds is 19. The van der Waals surface area contributed by atoms with Gasteiger partial charge in [-0.2, -0.15) is 0 Å². The van der Waals surface area contributed by atoms with Crippen molar-refractivity contribution >= 4 is 26.5 Å². The Morgan fingerprint density at radius 3 is 2.27 bits per heavy atom. The molecule has 0 fully saturated rings. The average molecular weight is 678 g/mol. The monoisotopic (exact) mass is 677 g/mol. The minimum absolute atomic E-state index is 0.0206. The summed E-state index contributed by atoms with van der Waals surface area (Å²) in [4.78, 5) is 53.8. The summed E-state index contributed by atoms with van der Waals surface area (Å²) in [6.45, 7) is 4.00. The van der Waals surface area contributed by atoms with Gasteiger partial charge in [-0.25, -0.2) is 9.63 Å². The number of hydroxylamine groups is 2. The number of carbonyl (C=O) groups is 3. The maximum absolute atomic E-state index is 13.6. The highest BCUT2D eigenvalue weighted by Crippen LogP contribution is 2.34. The molecule has 48 heavy (non-hydrogen) atoms. The van der Waals surface area contributed by atoms with Crippen LogP contribution in [0.2, 0.25) is 0 Å². The molecule has 0 aliphatic heterocycles. The second kappa shape index (κ2) is 18.4. The zero-order valence-electron chi connectivity index (χ0n) is 26.8. The molecule has 3 N–H and O–H groups in total. The fraction of sp³-hybridized carbons (Fsp3) is 0.286. The molecule has 0 spiro atoms. The number of nitrogens with zero attached hydrogens (tertiary/aromatic N) is 1. The molecule has 3 aromatic carbocycles. The van der Waals surface area contributed by atoms with Gasteiger partial charge in [0.2, 0.25) is 12.3 Å². The fourth-order valence-corrected chi connectivity index (χ4v) is 5.52. The molecule has 0 saturated heterocycles. The molecule has 0 saturated carbocycles. The molecule has 3 unspecified atom stereocenters. The number of carbonyl (C=O) groups excluding carboxylic acids is 3. The van der Waals surface area contributed by atoms with E-state index in [9.17, 15) is 23.8 Å². The van der Waals surface area contributed by atoms with E-state index in [2.05, 4.69) is 10.6 Å². The maximum atomic E-state index is 13.6. The number of ether oxygens (including phenoxy) is 1. The lowest BCUT2D eigenvalue weighted by Crippen LogP contribution is -2.48. The van der Waals surface area contributed by atoms with Crippen LogP contribution in [0, 0.1) is 5.92 Å². The largest absolute Gasteiger partial charge is 0.494 e. The van der Waals surface area contributed by atoms with Crippen molar-refractivity contribution in [2.24, 2.45) is 5.92 Å². The Hall–Kier alpha value is -4.90. The molecule has 3 atom stereocenters. The van der Waals surface area contributed by atoms with E-state index in [0.717, 1.165) is 11.1 Å². The van der Waals surface area contributed by atoms with Crippen molar-refractivity contribution in [3.8, 4) is 22.8 Å². The molecular weight excluding hydrogens is 637 g/mol. The summed E-state index contributed by atoms with van der Waals surface area (Å²) < 4.78 is 27.5. The molecule has 0 aliphatic carbocycles. The van der Waals surface area contributed by atoms with E-state index >= 15 is 0 Å². The van der Waals surface area contributed by atoms with Crippen molar-refractivity contribution in [1.29, 1.82) is 0 Å². The van der Waals surface area contributed by atoms with Crippen LogP contribution < -0.4 is 19.9 Å². The number of furan rings is 1. The van der Waals surface area contributed by atoms with Crippen molar-refractivity contribution in [2.75, 3.05) is 13.3 Å².